The zero-order chi connectivity index (χ0) is 24.8. The van der Waals surface area contributed by atoms with Gasteiger partial charge >= 0.3 is 6.18 Å². The largest absolute Gasteiger partial charge is 0.416 e. The number of nitrogens with one attached hydrogen (secondary N) is 1. The lowest BCUT2D eigenvalue weighted by Crippen LogP contribution is -2.23. The first-order chi connectivity index (χ1) is 16.0. The lowest BCUT2D eigenvalue weighted by Gasteiger charge is -2.22. The molecule has 1 aliphatic rings. The Morgan fingerprint density at radius 2 is 1.79 bits per heavy atom. The van der Waals surface area contributed by atoms with E-state index in [1.807, 2.05) is 4.90 Å². The van der Waals surface area contributed by atoms with Crippen LogP contribution in [-0.4, -0.2) is 33.8 Å². The van der Waals surface area contributed by atoms with Gasteiger partial charge in [-0.05, 0) is 57.4 Å². The van der Waals surface area contributed by atoms with E-state index >= 15 is 0 Å². The van der Waals surface area contributed by atoms with Gasteiger partial charge in [-0.25, -0.2) is 9.67 Å². The van der Waals surface area contributed by atoms with E-state index in [0.717, 1.165) is 36.3 Å². The Balaban J connectivity index is 1.72. The quantitative estimate of drug-likeness (QED) is 0.572. The fraction of sp³-hybridized carbons (Fsp3) is 0.391. The van der Waals surface area contributed by atoms with Crippen molar-refractivity contribution in [1.29, 1.82) is 0 Å². The Labute approximate surface area is 198 Å². The number of amides is 1. The van der Waals surface area contributed by atoms with Gasteiger partial charge in [0.1, 0.15) is 9.88 Å². The standard InChI is InChI=1S/C23H24F3N5O2S/c1-12-13(2)29-30(4)22(33)18(12)21-27-14(3)19(34-21)20(32)28-16-11-15(23(24,25)26)7-8-17(16)31-9-5-6-10-31/h7-8,11H,5-6,9-10H2,1-4H3,(H,28,32). The summed E-state index contributed by atoms with van der Waals surface area (Å²) in [5.41, 5.74) is 1.56. The second-order valence-corrected chi connectivity index (χ2v) is 9.32. The highest BCUT2D eigenvalue weighted by molar-refractivity contribution is 7.17. The molecule has 1 aliphatic heterocycles. The molecule has 0 aliphatic carbocycles. The predicted octanol–water partition coefficient (Wildman–Crippen LogP) is 4.70. The van der Waals surface area contributed by atoms with Crippen molar-refractivity contribution in [2.45, 2.75) is 39.8 Å². The molecule has 1 saturated heterocycles. The minimum absolute atomic E-state index is 0.0999. The molecule has 2 aromatic heterocycles. The Bertz CT molecular complexity index is 1320. The number of aromatic nitrogens is 3. The molecule has 34 heavy (non-hydrogen) atoms. The number of nitrogens with zero attached hydrogens (tertiary/aromatic N) is 4. The molecule has 7 nitrogen and oxygen atoms in total. The first-order valence-electron chi connectivity index (χ1n) is 10.8. The minimum atomic E-state index is -4.53. The summed E-state index contributed by atoms with van der Waals surface area (Å²) < 4.78 is 41.3. The number of carbonyl (C=O) groups excluding carboxylic acids is 1. The van der Waals surface area contributed by atoms with Gasteiger partial charge in [-0.2, -0.15) is 18.3 Å². The molecule has 0 radical (unpaired) electrons. The normalized spacial score (nSPS) is 14.0. The van der Waals surface area contributed by atoms with E-state index in [9.17, 15) is 22.8 Å². The Morgan fingerprint density at radius 3 is 2.44 bits per heavy atom. The molecule has 4 rings (SSSR count). The summed E-state index contributed by atoms with van der Waals surface area (Å²) in [6.45, 7) is 6.60. The average Bonchev–Trinajstić information content (AvgIpc) is 3.42. The van der Waals surface area contributed by atoms with Crippen LogP contribution < -0.4 is 15.8 Å². The van der Waals surface area contributed by atoms with Gasteiger partial charge in [-0.15, -0.1) is 11.3 Å². The van der Waals surface area contributed by atoms with Crippen LogP contribution in [-0.2, 0) is 13.2 Å². The van der Waals surface area contributed by atoms with Crippen molar-refractivity contribution in [3.63, 3.8) is 0 Å². The van der Waals surface area contributed by atoms with Crippen LogP contribution in [0.15, 0.2) is 23.0 Å². The third-order valence-corrected chi connectivity index (χ3v) is 7.13. The molecule has 1 amide bonds. The van der Waals surface area contributed by atoms with Gasteiger partial charge in [-0.3, -0.25) is 9.59 Å². The van der Waals surface area contributed by atoms with Crippen molar-refractivity contribution < 1.29 is 18.0 Å². The van der Waals surface area contributed by atoms with Gasteiger partial charge in [0, 0.05) is 20.1 Å². The lowest BCUT2D eigenvalue weighted by molar-refractivity contribution is -0.137. The van der Waals surface area contributed by atoms with E-state index in [1.165, 1.54) is 10.7 Å². The number of anilines is 2. The number of halogens is 3. The van der Waals surface area contributed by atoms with Crippen LogP contribution in [0.5, 0.6) is 0 Å². The molecule has 0 unspecified atom stereocenters. The molecule has 0 spiro atoms. The van der Waals surface area contributed by atoms with E-state index in [-0.39, 0.29) is 16.1 Å². The van der Waals surface area contributed by atoms with Crippen LogP contribution in [0.1, 0.15) is 45.0 Å². The Hall–Kier alpha value is -3.21. The third-order valence-electron chi connectivity index (χ3n) is 5.96. The van der Waals surface area contributed by atoms with Crippen LogP contribution in [0.25, 0.3) is 10.6 Å². The van der Waals surface area contributed by atoms with Crippen molar-refractivity contribution >= 4 is 28.6 Å². The van der Waals surface area contributed by atoms with E-state index < -0.39 is 17.6 Å². The summed E-state index contributed by atoms with van der Waals surface area (Å²) in [5, 5.41) is 7.20. The monoisotopic (exact) mass is 491 g/mol. The topological polar surface area (TPSA) is 80.1 Å². The third kappa shape index (κ3) is 4.44. The van der Waals surface area contributed by atoms with Gasteiger partial charge in [0.2, 0.25) is 0 Å². The van der Waals surface area contributed by atoms with Crippen molar-refractivity contribution in [3.8, 4) is 10.6 Å². The molecule has 3 heterocycles. The molecule has 11 heteroatoms. The van der Waals surface area contributed by atoms with Crippen molar-refractivity contribution in [3.05, 3.63) is 55.9 Å². The van der Waals surface area contributed by atoms with Crippen LogP contribution >= 0.6 is 11.3 Å². The van der Waals surface area contributed by atoms with Crippen LogP contribution in [0.4, 0.5) is 24.5 Å². The number of carbonyl (C=O) groups is 1. The van der Waals surface area contributed by atoms with E-state index in [0.29, 0.717) is 46.3 Å². The summed E-state index contributed by atoms with van der Waals surface area (Å²) in [7, 11) is 1.54. The van der Waals surface area contributed by atoms with Gasteiger partial charge in [0.05, 0.1) is 33.9 Å². The van der Waals surface area contributed by atoms with E-state index in [1.54, 1.807) is 27.8 Å². The number of hydrogen-bond acceptors (Lipinski definition) is 6. The molecule has 0 saturated carbocycles. The molecule has 180 valence electrons. The fourth-order valence-corrected chi connectivity index (χ4v) is 5.10. The van der Waals surface area contributed by atoms with Crippen LogP contribution in [0, 0.1) is 20.8 Å². The zero-order valence-electron chi connectivity index (χ0n) is 19.2. The molecule has 1 N–H and O–H groups in total. The first kappa shape index (κ1) is 23.9. The molecule has 0 atom stereocenters. The maximum absolute atomic E-state index is 13.4. The van der Waals surface area contributed by atoms with Gasteiger partial charge in [-0.1, -0.05) is 0 Å². The van der Waals surface area contributed by atoms with Gasteiger partial charge in [0.25, 0.3) is 11.5 Å². The molecular weight excluding hydrogens is 467 g/mol. The summed E-state index contributed by atoms with van der Waals surface area (Å²) >= 11 is 1.03. The molecule has 1 aromatic carbocycles. The highest BCUT2D eigenvalue weighted by atomic mass is 32.1. The highest BCUT2D eigenvalue weighted by Crippen LogP contribution is 2.37. The molecule has 1 fully saturated rings. The molecular formula is C23H24F3N5O2S. The predicted molar refractivity (Wildman–Crippen MR) is 126 cm³/mol. The lowest BCUT2D eigenvalue weighted by atomic mass is 10.1. The SMILES string of the molecule is Cc1nc(-c2c(C)c(C)nn(C)c2=O)sc1C(=O)Nc1cc(C(F)(F)F)ccc1N1CCCC1. The number of aryl methyl sites for hydroxylation is 3. The van der Waals surface area contributed by atoms with Crippen molar-refractivity contribution in [1.82, 2.24) is 14.8 Å². The number of thiazole rings is 1. The molecule has 0 bridgehead atoms. The average molecular weight is 492 g/mol. The van der Waals surface area contributed by atoms with E-state index in [4.69, 9.17) is 0 Å². The van der Waals surface area contributed by atoms with Gasteiger partial charge < -0.3 is 10.2 Å². The summed E-state index contributed by atoms with van der Waals surface area (Å²) in [5.74, 6) is -0.568. The van der Waals surface area contributed by atoms with Crippen LogP contribution in [0.3, 0.4) is 0 Å². The van der Waals surface area contributed by atoms with Crippen molar-refractivity contribution in [2.75, 3.05) is 23.3 Å². The summed E-state index contributed by atoms with van der Waals surface area (Å²) in [4.78, 5) is 32.5. The maximum atomic E-state index is 13.4. The van der Waals surface area contributed by atoms with Gasteiger partial charge in [0.15, 0.2) is 0 Å². The second kappa shape index (κ2) is 8.86. The molecule has 3 aromatic rings. The number of hydrogen-bond donors (Lipinski definition) is 1. The first-order valence-corrected chi connectivity index (χ1v) is 11.6. The van der Waals surface area contributed by atoms with E-state index in [2.05, 4.69) is 15.4 Å². The number of rotatable bonds is 4. The van der Waals surface area contributed by atoms with Crippen LogP contribution in [0.2, 0.25) is 0 Å². The number of alkyl halides is 3. The Morgan fingerprint density at radius 1 is 1.12 bits per heavy atom. The second-order valence-electron chi connectivity index (χ2n) is 8.33. The summed E-state index contributed by atoms with van der Waals surface area (Å²) in [6.07, 6.45) is -2.66. The highest BCUT2D eigenvalue weighted by Gasteiger charge is 2.32. The fourth-order valence-electron chi connectivity index (χ4n) is 4.04. The maximum Gasteiger partial charge on any atom is 0.416 e. The minimum Gasteiger partial charge on any atom is -0.370 e. The Kier molecular flexibility index (Phi) is 6.24. The smallest absolute Gasteiger partial charge is 0.370 e. The number of benzene rings is 1. The van der Waals surface area contributed by atoms with Crippen molar-refractivity contribution in [2.24, 2.45) is 7.05 Å². The summed E-state index contributed by atoms with van der Waals surface area (Å²) in [6, 6.07) is 3.40. The zero-order valence-corrected chi connectivity index (χ0v) is 20.0.